The predicted molar refractivity (Wildman–Crippen MR) is 47.4 cm³/mol. The lowest BCUT2D eigenvalue weighted by molar-refractivity contribution is 0.636. The van der Waals surface area contributed by atoms with Gasteiger partial charge in [-0.1, -0.05) is 18.2 Å². The molecule has 11 heavy (non-hydrogen) atoms. The van der Waals surface area contributed by atoms with Crippen LogP contribution in [0.15, 0.2) is 18.2 Å². The molecule has 2 heteroatoms. The van der Waals surface area contributed by atoms with Crippen LogP contribution in [-0.2, 0) is 0 Å². The molecule has 0 bridgehead atoms. The molecule has 62 valence electrons. The van der Waals surface area contributed by atoms with Crippen LogP contribution in [0.1, 0.15) is 11.1 Å². The Bertz CT molecular complexity index is 201. The molecule has 0 amide bonds. The molecule has 0 aromatic heterocycles. The second kappa shape index (κ2) is 4.72. The predicted octanol–water partition coefficient (Wildman–Crippen LogP) is 2.47. The van der Waals surface area contributed by atoms with E-state index in [1.165, 1.54) is 0 Å². The Morgan fingerprint density at radius 2 is 1.45 bits per heavy atom. The Balaban J connectivity index is 0.000000461. The number of anilines is 1. The van der Waals surface area contributed by atoms with Crippen molar-refractivity contribution in [3.8, 4) is 0 Å². The molecule has 1 aromatic rings. The Hall–Kier alpha value is -1.05. The van der Waals surface area contributed by atoms with E-state index < -0.39 is 0 Å². The minimum Gasteiger partial charge on any atom is -0.398 e. The van der Waals surface area contributed by atoms with E-state index in [9.17, 15) is 4.39 Å². The van der Waals surface area contributed by atoms with Gasteiger partial charge in [-0.25, -0.2) is 0 Å². The van der Waals surface area contributed by atoms with Crippen LogP contribution >= 0.6 is 0 Å². The molecule has 0 radical (unpaired) electrons. The molecule has 0 spiro atoms. The number of nitrogens with two attached hydrogens (primary N) is 1. The maximum Gasteiger partial charge on any atom is 0.0785 e. The highest BCUT2D eigenvalue weighted by Gasteiger charge is 1.92. The summed E-state index contributed by atoms with van der Waals surface area (Å²) in [5.41, 5.74) is 8.92. The summed E-state index contributed by atoms with van der Waals surface area (Å²) < 4.78 is 9.50. The minimum atomic E-state index is 0.500. The van der Waals surface area contributed by atoms with Crippen LogP contribution in [0.4, 0.5) is 10.1 Å². The molecule has 0 heterocycles. The minimum absolute atomic E-state index is 0.500. The number of hydrogen-bond acceptors (Lipinski definition) is 1. The van der Waals surface area contributed by atoms with E-state index in [0.717, 1.165) is 16.8 Å². The smallest absolute Gasteiger partial charge is 0.0785 e. The molecular formula is C9H14FN. The van der Waals surface area contributed by atoms with Crippen molar-refractivity contribution >= 4 is 5.69 Å². The lowest BCUT2D eigenvalue weighted by Gasteiger charge is -2.00. The maximum absolute atomic E-state index is 9.50. The zero-order valence-electron chi connectivity index (χ0n) is 7.19. The lowest BCUT2D eigenvalue weighted by atomic mass is 10.1. The number of rotatable bonds is 0. The van der Waals surface area contributed by atoms with Crippen LogP contribution in [-0.4, -0.2) is 7.18 Å². The van der Waals surface area contributed by atoms with Gasteiger partial charge in [-0.2, -0.15) is 0 Å². The summed E-state index contributed by atoms with van der Waals surface area (Å²) in [5.74, 6) is 0. The maximum atomic E-state index is 9.50. The summed E-state index contributed by atoms with van der Waals surface area (Å²) in [5, 5.41) is 0. The van der Waals surface area contributed by atoms with E-state index in [2.05, 4.69) is 0 Å². The fourth-order valence-corrected chi connectivity index (χ4v) is 0.827. The molecule has 0 aliphatic heterocycles. The van der Waals surface area contributed by atoms with Gasteiger partial charge in [0.05, 0.1) is 7.18 Å². The zero-order valence-corrected chi connectivity index (χ0v) is 7.19. The molecule has 0 saturated heterocycles. The highest BCUT2D eigenvalue weighted by molar-refractivity contribution is 5.52. The molecule has 0 aliphatic carbocycles. The molecule has 2 N–H and O–H groups in total. The van der Waals surface area contributed by atoms with Crippen molar-refractivity contribution in [1.82, 2.24) is 0 Å². The van der Waals surface area contributed by atoms with Crippen molar-refractivity contribution in [3.05, 3.63) is 29.3 Å². The number of nitrogen functional groups attached to an aromatic ring is 1. The SMILES string of the molecule is CF.Cc1cccc(C)c1N. The first kappa shape index (κ1) is 9.95. The van der Waals surface area contributed by atoms with Gasteiger partial charge in [-0.3, -0.25) is 4.39 Å². The first-order chi connectivity index (χ1) is 5.22. The van der Waals surface area contributed by atoms with Crippen LogP contribution in [0.3, 0.4) is 0 Å². The van der Waals surface area contributed by atoms with Gasteiger partial charge in [-0.05, 0) is 25.0 Å². The van der Waals surface area contributed by atoms with E-state index in [1.807, 2.05) is 32.0 Å². The number of benzene rings is 1. The second-order valence-corrected chi connectivity index (χ2v) is 2.31. The van der Waals surface area contributed by atoms with Crippen LogP contribution in [0.5, 0.6) is 0 Å². The largest absolute Gasteiger partial charge is 0.398 e. The third-order valence-corrected chi connectivity index (χ3v) is 1.54. The number of para-hydroxylation sites is 1. The first-order valence-electron chi connectivity index (χ1n) is 3.41. The van der Waals surface area contributed by atoms with Crippen molar-refractivity contribution < 1.29 is 4.39 Å². The quantitative estimate of drug-likeness (QED) is 0.572. The Morgan fingerprint density at radius 1 is 1.09 bits per heavy atom. The van der Waals surface area contributed by atoms with Gasteiger partial charge in [0, 0.05) is 5.69 Å². The molecule has 1 aromatic carbocycles. The van der Waals surface area contributed by atoms with E-state index >= 15 is 0 Å². The van der Waals surface area contributed by atoms with Gasteiger partial charge in [0.15, 0.2) is 0 Å². The van der Waals surface area contributed by atoms with Gasteiger partial charge in [-0.15, -0.1) is 0 Å². The average molecular weight is 155 g/mol. The molecule has 0 fully saturated rings. The molecule has 0 atom stereocenters. The van der Waals surface area contributed by atoms with E-state index in [1.54, 1.807) is 0 Å². The van der Waals surface area contributed by atoms with Gasteiger partial charge in [0.25, 0.3) is 0 Å². The zero-order chi connectivity index (χ0) is 8.85. The standard InChI is InChI=1S/C8H11N.CH3F/c1-6-4-3-5-7(2)8(6)9;1-2/h3-5H,9H2,1-2H3;1H3. The molecule has 1 nitrogen and oxygen atoms in total. The topological polar surface area (TPSA) is 26.0 Å². The van der Waals surface area contributed by atoms with Crippen molar-refractivity contribution in [3.63, 3.8) is 0 Å². The van der Waals surface area contributed by atoms with Crippen molar-refractivity contribution in [2.45, 2.75) is 13.8 Å². The molecule has 1 rings (SSSR count). The van der Waals surface area contributed by atoms with Crippen molar-refractivity contribution in [2.75, 3.05) is 12.9 Å². The third kappa shape index (κ3) is 2.58. The van der Waals surface area contributed by atoms with Crippen molar-refractivity contribution in [2.24, 2.45) is 0 Å². The van der Waals surface area contributed by atoms with Gasteiger partial charge in [0.2, 0.25) is 0 Å². The number of alkyl halides is 1. The number of halogens is 1. The van der Waals surface area contributed by atoms with Crippen LogP contribution in [0.2, 0.25) is 0 Å². The van der Waals surface area contributed by atoms with E-state index in [4.69, 9.17) is 5.73 Å². The summed E-state index contributed by atoms with van der Waals surface area (Å²) >= 11 is 0. The molecule has 0 unspecified atom stereocenters. The first-order valence-corrected chi connectivity index (χ1v) is 3.41. The monoisotopic (exact) mass is 155 g/mol. The summed E-state index contributed by atoms with van der Waals surface area (Å²) in [6, 6.07) is 6.05. The molecule has 0 saturated carbocycles. The Labute approximate surface area is 67.0 Å². The number of hydrogen-bond donors (Lipinski definition) is 1. The summed E-state index contributed by atoms with van der Waals surface area (Å²) in [4.78, 5) is 0. The normalized spacial score (nSPS) is 8.36. The Morgan fingerprint density at radius 3 is 1.73 bits per heavy atom. The fraction of sp³-hybridized carbons (Fsp3) is 0.333. The van der Waals surface area contributed by atoms with Crippen molar-refractivity contribution in [1.29, 1.82) is 0 Å². The van der Waals surface area contributed by atoms with Gasteiger partial charge >= 0.3 is 0 Å². The summed E-state index contributed by atoms with van der Waals surface area (Å²) in [7, 11) is 0.500. The second-order valence-electron chi connectivity index (χ2n) is 2.31. The summed E-state index contributed by atoms with van der Waals surface area (Å²) in [6.07, 6.45) is 0. The third-order valence-electron chi connectivity index (χ3n) is 1.54. The van der Waals surface area contributed by atoms with E-state index in [-0.39, 0.29) is 0 Å². The lowest BCUT2D eigenvalue weighted by Crippen LogP contribution is -1.91. The van der Waals surface area contributed by atoms with Crippen LogP contribution < -0.4 is 5.73 Å². The fourth-order valence-electron chi connectivity index (χ4n) is 0.827. The highest BCUT2D eigenvalue weighted by Crippen LogP contribution is 2.13. The van der Waals surface area contributed by atoms with Crippen LogP contribution in [0.25, 0.3) is 0 Å². The average Bonchev–Trinajstić information content (AvgIpc) is 2.04. The van der Waals surface area contributed by atoms with Gasteiger partial charge < -0.3 is 5.73 Å². The number of aryl methyl sites for hydroxylation is 2. The molecular weight excluding hydrogens is 141 g/mol. The summed E-state index contributed by atoms with van der Waals surface area (Å²) in [6.45, 7) is 4.03. The van der Waals surface area contributed by atoms with Gasteiger partial charge in [0.1, 0.15) is 0 Å². The molecule has 0 aliphatic rings. The highest BCUT2D eigenvalue weighted by atomic mass is 19.1. The van der Waals surface area contributed by atoms with E-state index in [0.29, 0.717) is 7.18 Å². The Kier molecular flexibility index (Phi) is 4.27. The van der Waals surface area contributed by atoms with Crippen LogP contribution in [0, 0.1) is 13.8 Å².